The molecule has 0 amide bonds. The Morgan fingerprint density at radius 2 is 1.14 bits per heavy atom. The Morgan fingerprint density at radius 1 is 0.667 bits per heavy atom. The molecule has 2 unspecified atom stereocenters. The topological polar surface area (TPSA) is 40.2 Å². The smallest absolute Gasteiger partial charge is 0.0717 e. The van der Waals surface area contributed by atoms with Crippen LogP contribution >= 0.6 is 0 Å². The van der Waals surface area contributed by atoms with Crippen molar-refractivity contribution in [2.45, 2.75) is 46.1 Å². The van der Waals surface area contributed by atoms with Gasteiger partial charge in [-0.05, 0) is 31.5 Å². The maximum Gasteiger partial charge on any atom is 0.0717 e. The van der Waals surface area contributed by atoms with Crippen molar-refractivity contribution >= 4 is 0 Å². The Morgan fingerprint density at radius 3 is 1.67 bits per heavy atom. The summed E-state index contributed by atoms with van der Waals surface area (Å²) in [5.41, 5.74) is 2.47. The van der Waals surface area contributed by atoms with Gasteiger partial charge in [-0.25, -0.2) is 0 Å². The third kappa shape index (κ3) is 10.7. The van der Waals surface area contributed by atoms with Crippen molar-refractivity contribution in [3.63, 3.8) is 0 Å². The minimum atomic E-state index is 0.372. The van der Waals surface area contributed by atoms with Gasteiger partial charge in [-0.2, -0.15) is 0 Å². The van der Waals surface area contributed by atoms with Gasteiger partial charge in [-0.15, -0.1) is 0 Å². The number of nitrogens with zero attached hydrogens (tertiary/aromatic N) is 3. The molecule has 6 nitrogen and oxygen atoms in total. The van der Waals surface area contributed by atoms with E-state index in [9.17, 15) is 0 Å². The lowest BCUT2D eigenvalue weighted by Gasteiger charge is -2.36. The van der Waals surface area contributed by atoms with Crippen LogP contribution in [0.2, 0.25) is 0 Å². The van der Waals surface area contributed by atoms with Gasteiger partial charge in [0.15, 0.2) is 0 Å². The molecular formula is C30H48N4O2. The molecule has 0 aromatic heterocycles. The number of ether oxygens (including phenoxy) is 2. The summed E-state index contributed by atoms with van der Waals surface area (Å²) >= 11 is 0. The molecule has 2 aromatic carbocycles. The number of likely N-dealkylation sites (N-methyl/N-ethyl adjacent to an activating group) is 1. The zero-order valence-electron chi connectivity index (χ0n) is 22.8. The molecule has 0 aliphatic carbocycles. The Hall–Kier alpha value is -1.80. The van der Waals surface area contributed by atoms with Gasteiger partial charge >= 0.3 is 0 Å². The van der Waals surface area contributed by atoms with Crippen LogP contribution in [0.1, 0.15) is 31.9 Å². The molecular weight excluding hydrogens is 448 g/mol. The van der Waals surface area contributed by atoms with Gasteiger partial charge in [0.1, 0.15) is 0 Å². The molecule has 0 spiro atoms. The van der Waals surface area contributed by atoms with Crippen molar-refractivity contribution in [1.29, 1.82) is 0 Å². The second-order valence-corrected chi connectivity index (χ2v) is 9.96. The summed E-state index contributed by atoms with van der Waals surface area (Å²) in [5, 5.41) is 3.65. The largest absolute Gasteiger partial charge is 0.375 e. The van der Waals surface area contributed by atoms with Crippen LogP contribution in [0.15, 0.2) is 60.7 Å². The molecule has 2 aromatic rings. The van der Waals surface area contributed by atoms with Gasteiger partial charge < -0.3 is 19.7 Å². The van der Waals surface area contributed by atoms with Gasteiger partial charge in [-0.1, -0.05) is 67.6 Å². The van der Waals surface area contributed by atoms with Crippen LogP contribution in [0.5, 0.6) is 0 Å². The summed E-state index contributed by atoms with van der Waals surface area (Å²) in [7, 11) is 0. The van der Waals surface area contributed by atoms with E-state index in [0.29, 0.717) is 25.3 Å². The second kappa shape index (κ2) is 16.8. The van der Waals surface area contributed by atoms with Crippen LogP contribution in [-0.4, -0.2) is 98.9 Å². The first kappa shape index (κ1) is 28.8. The third-order valence-electron chi connectivity index (χ3n) is 7.19. The van der Waals surface area contributed by atoms with E-state index in [2.05, 4.69) is 101 Å². The van der Waals surface area contributed by atoms with E-state index in [4.69, 9.17) is 9.47 Å². The average Bonchev–Trinajstić information content (AvgIpc) is 2.90. The fraction of sp³-hybridized carbons (Fsp3) is 0.600. The first-order chi connectivity index (χ1) is 17.7. The molecule has 36 heavy (non-hydrogen) atoms. The Bertz CT molecular complexity index is 807. The van der Waals surface area contributed by atoms with Crippen molar-refractivity contribution in [3.8, 4) is 0 Å². The molecule has 0 saturated carbocycles. The summed E-state index contributed by atoms with van der Waals surface area (Å²) in [4.78, 5) is 7.76. The Labute approximate surface area is 219 Å². The second-order valence-electron chi connectivity index (χ2n) is 9.96. The number of hydrogen-bond acceptors (Lipinski definition) is 6. The lowest BCUT2D eigenvalue weighted by molar-refractivity contribution is 0.0313. The molecule has 3 rings (SSSR count). The molecule has 1 N–H and O–H groups in total. The lowest BCUT2D eigenvalue weighted by Crippen LogP contribution is -2.50. The monoisotopic (exact) mass is 496 g/mol. The van der Waals surface area contributed by atoms with E-state index in [1.165, 1.54) is 11.1 Å². The van der Waals surface area contributed by atoms with Gasteiger partial charge in [0, 0.05) is 64.4 Å². The van der Waals surface area contributed by atoms with Gasteiger partial charge in [0.2, 0.25) is 0 Å². The minimum absolute atomic E-state index is 0.372. The van der Waals surface area contributed by atoms with Crippen LogP contribution in [-0.2, 0) is 22.7 Å². The standard InChI is InChI=1S/C30H48N4O2/c1-4-32-17-15-31-16-18-33(27(2)23-35-25-29-11-7-5-8-12-29)21-22-34(20-19-32)28(3)24-36-26-30-13-9-6-10-14-30/h5-14,27-28,31H,4,15-26H2,1-3H3. The molecule has 1 saturated heterocycles. The molecule has 0 radical (unpaired) electrons. The van der Waals surface area contributed by atoms with E-state index in [1.54, 1.807) is 0 Å². The van der Waals surface area contributed by atoms with Crippen LogP contribution < -0.4 is 5.32 Å². The number of benzene rings is 2. The molecule has 2 atom stereocenters. The molecule has 6 heteroatoms. The zero-order valence-corrected chi connectivity index (χ0v) is 22.8. The fourth-order valence-corrected chi connectivity index (χ4v) is 4.70. The molecule has 1 aliphatic heterocycles. The van der Waals surface area contributed by atoms with Gasteiger partial charge in [0.05, 0.1) is 26.4 Å². The molecule has 1 fully saturated rings. The molecule has 1 heterocycles. The van der Waals surface area contributed by atoms with Gasteiger partial charge in [-0.3, -0.25) is 9.80 Å². The van der Waals surface area contributed by atoms with Crippen LogP contribution in [0.4, 0.5) is 0 Å². The van der Waals surface area contributed by atoms with Crippen LogP contribution in [0.25, 0.3) is 0 Å². The molecule has 0 bridgehead atoms. The highest BCUT2D eigenvalue weighted by Gasteiger charge is 2.20. The SMILES string of the molecule is CCN1CCNCCN(C(C)COCc2ccccc2)CCN(C(C)COCc2ccccc2)CC1. The number of hydrogen-bond donors (Lipinski definition) is 1. The highest BCUT2D eigenvalue weighted by molar-refractivity contribution is 5.14. The molecule has 1 aliphatic rings. The highest BCUT2D eigenvalue weighted by Crippen LogP contribution is 2.09. The minimum Gasteiger partial charge on any atom is -0.375 e. The number of nitrogens with one attached hydrogen (secondary N) is 1. The van der Waals surface area contributed by atoms with Crippen LogP contribution in [0, 0.1) is 0 Å². The first-order valence-electron chi connectivity index (χ1n) is 13.8. The maximum absolute atomic E-state index is 6.13. The van der Waals surface area contributed by atoms with Crippen molar-refractivity contribution in [1.82, 2.24) is 20.0 Å². The van der Waals surface area contributed by atoms with E-state index < -0.39 is 0 Å². The molecule has 200 valence electrons. The summed E-state index contributed by atoms with van der Waals surface area (Å²) in [6.07, 6.45) is 0. The quantitative estimate of drug-likeness (QED) is 0.511. The summed E-state index contributed by atoms with van der Waals surface area (Å²) in [5.74, 6) is 0. The first-order valence-corrected chi connectivity index (χ1v) is 13.8. The summed E-state index contributed by atoms with van der Waals surface area (Å²) < 4.78 is 12.2. The fourth-order valence-electron chi connectivity index (χ4n) is 4.70. The summed E-state index contributed by atoms with van der Waals surface area (Å²) in [6, 6.07) is 21.7. The summed E-state index contributed by atoms with van der Waals surface area (Å²) in [6.45, 7) is 19.2. The van der Waals surface area contributed by atoms with Crippen molar-refractivity contribution in [2.75, 3.05) is 72.1 Å². The van der Waals surface area contributed by atoms with Crippen molar-refractivity contribution in [2.24, 2.45) is 0 Å². The van der Waals surface area contributed by atoms with E-state index in [-0.39, 0.29) is 0 Å². The van der Waals surface area contributed by atoms with E-state index in [0.717, 1.165) is 72.1 Å². The zero-order chi connectivity index (χ0) is 25.4. The number of rotatable bonds is 11. The Kier molecular flexibility index (Phi) is 13.5. The van der Waals surface area contributed by atoms with E-state index >= 15 is 0 Å². The lowest BCUT2D eigenvalue weighted by atomic mass is 10.2. The van der Waals surface area contributed by atoms with Crippen molar-refractivity contribution in [3.05, 3.63) is 71.8 Å². The van der Waals surface area contributed by atoms with Gasteiger partial charge in [0.25, 0.3) is 0 Å². The predicted octanol–water partition coefficient (Wildman–Crippen LogP) is 3.73. The highest BCUT2D eigenvalue weighted by atomic mass is 16.5. The predicted molar refractivity (Wildman–Crippen MR) is 149 cm³/mol. The normalized spacial score (nSPS) is 19.3. The maximum atomic E-state index is 6.13. The Balaban J connectivity index is 1.53. The average molecular weight is 497 g/mol. The third-order valence-corrected chi connectivity index (χ3v) is 7.19. The van der Waals surface area contributed by atoms with Crippen molar-refractivity contribution < 1.29 is 9.47 Å². The van der Waals surface area contributed by atoms with Crippen LogP contribution in [0.3, 0.4) is 0 Å². The van der Waals surface area contributed by atoms with E-state index in [1.807, 2.05) is 0 Å².